The molecule has 0 atom stereocenters. The van der Waals surface area contributed by atoms with Crippen molar-refractivity contribution in [2.45, 2.75) is 25.1 Å². The van der Waals surface area contributed by atoms with Crippen molar-refractivity contribution in [2.75, 3.05) is 21.7 Å². The van der Waals surface area contributed by atoms with Crippen molar-refractivity contribution in [1.82, 2.24) is 10.2 Å². The lowest BCUT2D eigenvalue weighted by Gasteiger charge is -2.07. The highest BCUT2D eigenvalue weighted by Crippen LogP contribution is 2.26. The molecule has 0 unspecified atom stereocenters. The number of nitrogens with one attached hydrogen (secondary N) is 3. The van der Waals surface area contributed by atoms with Crippen LogP contribution in [0.5, 0.6) is 0 Å². The second kappa shape index (κ2) is 10.2. The van der Waals surface area contributed by atoms with Gasteiger partial charge in [0, 0.05) is 23.9 Å². The number of anilines is 3. The van der Waals surface area contributed by atoms with Crippen LogP contribution in [0.4, 0.5) is 16.5 Å². The summed E-state index contributed by atoms with van der Waals surface area (Å²) < 4.78 is 0.567. The monoisotopic (exact) mass is 455 g/mol. The van der Waals surface area contributed by atoms with Crippen molar-refractivity contribution in [2.24, 2.45) is 0 Å². The van der Waals surface area contributed by atoms with Crippen LogP contribution >= 0.6 is 23.1 Å². The van der Waals surface area contributed by atoms with Gasteiger partial charge in [0.1, 0.15) is 0 Å². The molecule has 0 aliphatic heterocycles. The number of thioether (sulfide) groups is 1. The number of hydrogen-bond donors (Lipinski definition) is 3. The first kappa shape index (κ1) is 22.4. The number of amides is 3. The number of carbonyl (C=O) groups is 3. The average Bonchev–Trinajstić information content (AvgIpc) is 3.12. The molecule has 1 aromatic heterocycles. The number of rotatable bonds is 7. The van der Waals surface area contributed by atoms with E-state index in [4.69, 9.17) is 0 Å². The molecule has 0 bridgehead atoms. The SMILES string of the molecule is CC(=O)Nc1cccc(NC(=O)CSc2nnc(NC(=O)c3cc(C)cc(C)c3)s2)c1. The lowest BCUT2D eigenvalue weighted by atomic mass is 10.1. The van der Waals surface area contributed by atoms with E-state index in [1.54, 1.807) is 24.3 Å². The number of nitrogens with zero attached hydrogens (tertiary/aromatic N) is 2. The van der Waals surface area contributed by atoms with Gasteiger partial charge in [0.25, 0.3) is 5.91 Å². The van der Waals surface area contributed by atoms with E-state index >= 15 is 0 Å². The first-order chi connectivity index (χ1) is 14.8. The van der Waals surface area contributed by atoms with Gasteiger partial charge in [-0.05, 0) is 44.2 Å². The first-order valence-electron chi connectivity index (χ1n) is 9.32. The zero-order valence-corrected chi connectivity index (χ0v) is 18.8. The topological polar surface area (TPSA) is 113 Å². The van der Waals surface area contributed by atoms with Crippen LogP contribution in [0, 0.1) is 13.8 Å². The van der Waals surface area contributed by atoms with Crippen LogP contribution in [0.25, 0.3) is 0 Å². The summed E-state index contributed by atoms with van der Waals surface area (Å²) in [5, 5.41) is 16.5. The van der Waals surface area contributed by atoms with E-state index in [0.717, 1.165) is 11.1 Å². The molecule has 31 heavy (non-hydrogen) atoms. The van der Waals surface area contributed by atoms with Gasteiger partial charge in [-0.15, -0.1) is 10.2 Å². The molecule has 3 N–H and O–H groups in total. The van der Waals surface area contributed by atoms with Crippen LogP contribution in [-0.4, -0.2) is 33.7 Å². The third kappa shape index (κ3) is 6.90. The van der Waals surface area contributed by atoms with Crippen molar-refractivity contribution >= 4 is 57.3 Å². The fourth-order valence-electron chi connectivity index (χ4n) is 2.80. The van der Waals surface area contributed by atoms with E-state index in [-0.39, 0.29) is 23.5 Å². The molecule has 3 rings (SSSR count). The van der Waals surface area contributed by atoms with Crippen LogP contribution in [0.2, 0.25) is 0 Å². The molecule has 1 heterocycles. The molecule has 0 spiro atoms. The first-order valence-corrected chi connectivity index (χ1v) is 11.1. The Morgan fingerprint density at radius 1 is 0.935 bits per heavy atom. The molecule has 0 saturated carbocycles. The van der Waals surface area contributed by atoms with Gasteiger partial charge in [-0.25, -0.2) is 0 Å². The molecule has 0 aliphatic carbocycles. The second-order valence-corrected chi connectivity index (χ2v) is 9.00. The minimum atomic E-state index is -0.253. The van der Waals surface area contributed by atoms with E-state index in [1.807, 2.05) is 32.0 Å². The summed E-state index contributed by atoms with van der Waals surface area (Å²) in [5.74, 6) is -0.530. The highest BCUT2D eigenvalue weighted by Gasteiger charge is 2.13. The van der Waals surface area contributed by atoms with Crippen LogP contribution in [0.1, 0.15) is 28.4 Å². The number of aromatic nitrogens is 2. The summed E-state index contributed by atoms with van der Waals surface area (Å²) in [6.07, 6.45) is 0. The third-order valence-corrected chi connectivity index (χ3v) is 5.88. The molecule has 8 nitrogen and oxygen atoms in total. The third-order valence-electron chi connectivity index (χ3n) is 3.90. The highest BCUT2D eigenvalue weighted by atomic mass is 32.2. The molecular formula is C21H21N5O3S2. The minimum absolute atomic E-state index is 0.129. The van der Waals surface area contributed by atoms with Crippen molar-refractivity contribution in [1.29, 1.82) is 0 Å². The maximum absolute atomic E-state index is 12.4. The van der Waals surface area contributed by atoms with Gasteiger partial charge in [-0.3, -0.25) is 19.7 Å². The predicted octanol–water partition coefficient (Wildman–Crippen LogP) is 4.10. The lowest BCUT2D eigenvalue weighted by Crippen LogP contribution is -2.14. The van der Waals surface area contributed by atoms with E-state index in [2.05, 4.69) is 26.1 Å². The summed E-state index contributed by atoms with van der Waals surface area (Å²) in [5.41, 5.74) is 3.75. The van der Waals surface area contributed by atoms with Gasteiger partial charge in [0.15, 0.2) is 4.34 Å². The maximum Gasteiger partial charge on any atom is 0.257 e. The summed E-state index contributed by atoms with van der Waals surface area (Å²) in [6.45, 7) is 5.29. The van der Waals surface area contributed by atoms with Gasteiger partial charge in [-0.2, -0.15) is 0 Å². The van der Waals surface area contributed by atoms with Crippen molar-refractivity contribution < 1.29 is 14.4 Å². The molecule has 0 saturated heterocycles. The Morgan fingerprint density at radius 2 is 1.61 bits per heavy atom. The second-order valence-electron chi connectivity index (χ2n) is 6.80. The highest BCUT2D eigenvalue weighted by molar-refractivity contribution is 8.01. The molecular weight excluding hydrogens is 434 g/mol. The standard InChI is InChI=1S/C21H21N5O3S2/c1-12-7-13(2)9-15(8-12)19(29)24-20-25-26-21(31-20)30-11-18(28)23-17-6-4-5-16(10-17)22-14(3)27/h4-10H,11H2,1-3H3,(H,22,27)(H,23,28)(H,24,25,29). The summed E-state index contributed by atoms with van der Waals surface area (Å²) in [7, 11) is 0. The van der Waals surface area contributed by atoms with Gasteiger partial charge < -0.3 is 10.6 Å². The Kier molecular flexibility index (Phi) is 7.37. The quantitative estimate of drug-likeness (QED) is 0.365. The summed E-state index contributed by atoms with van der Waals surface area (Å²) in [6, 6.07) is 12.5. The van der Waals surface area contributed by atoms with Crippen LogP contribution < -0.4 is 16.0 Å². The van der Waals surface area contributed by atoms with Crippen LogP contribution in [-0.2, 0) is 9.59 Å². The molecule has 0 fully saturated rings. The van der Waals surface area contributed by atoms with Gasteiger partial charge in [-0.1, -0.05) is 46.4 Å². The zero-order chi connectivity index (χ0) is 22.4. The molecule has 160 valence electrons. The van der Waals surface area contributed by atoms with Gasteiger partial charge in [0.2, 0.25) is 16.9 Å². The van der Waals surface area contributed by atoms with E-state index in [1.165, 1.54) is 30.0 Å². The Balaban J connectivity index is 1.52. The Bertz CT molecular complexity index is 1110. The minimum Gasteiger partial charge on any atom is -0.326 e. The molecule has 3 aromatic rings. The molecule has 3 amide bonds. The fraction of sp³-hybridized carbons (Fsp3) is 0.190. The smallest absolute Gasteiger partial charge is 0.257 e. The molecule has 10 heteroatoms. The number of benzene rings is 2. The normalized spacial score (nSPS) is 10.4. The lowest BCUT2D eigenvalue weighted by molar-refractivity contribution is -0.114. The molecule has 0 aliphatic rings. The number of aryl methyl sites for hydroxylation is 2. The van der Waals surface area contributed by atoms with E-state index in [9.17, 15) is 14.4 Å². The largest absolute Gasteiger partial charge is 0.326 e. The molecule has 0 radical (unpaired) electrons. The summed E-state index contributed by atoms with van der Waals surface area (Å²) >= 11 is 2.43. The Morgan fingerprint density at radius 3 is 2.29 bits per heavy atom. The molecule has 2 aromatic carbocycles. The van der Waals surface area contributed by atoms with Gasteiger partial charge in [0.05, 0.1) is 5.75 Å². The van der Waals surface area contributed by atoms with Crippen LogP contribution in [0.15, 0.2) is 46.8 Å². The van der Waals surface area contributed by atoms with Crippen molar-refractivity contribution in [3.8, 4) is 0 Å². The zero-order valence-electron chi connectivity index (χ0n) is 17.2. The fourth-order valence-corrected chi connectivity index (χ4v) is 4.34. The maximum atomic E-state index is 12.4. The Hall–Kier alpha value is -3.24. The van der Waals surface area contributed by atoms with E-state index < -0.39 is 0 Å². The summed E-state index contributed by atoms with van der Waals surface area (Å²) in [4.78, 5) is 35.8. The van der Waals surface area contributed by atoms with Crippen LogP contribution in [0.3, 0.4) is 0 Å². The van der Waals surface area contributed by atoms with Crippen molar-refractivity contribution in [3.05, 3.63) is 59.2 Å². The predicted molar refractivity (Wildman–Crippen MR) is 124 cm³/mol. The van der Waals surface area contributed by atoms with Gasteiger partial charge >= 0.3 is 0 Å². The van der Waals surface area contributed by atoms with E-state index in [0.29, 0.717) is 26.4 Å². The average molecular weight is 456 g/mol. The Labute approximate surface area is 187 Å². The number of hydrogen-bond acceptors (Lipinski definition) is 7. The number of carbonyl (C=O) groups excluding carboxylic acids is 3. The van der Waals surface area contributed by atoms with Crippen molar-refractivity contribution in [3.63, 3.8) is 0 Å².